The van der Waals surface area contributed by atoms with E-state index in [2.05, 4.69) is 5.32 Å². The van der Waals surface area contributed by atoms with Gasteiger partial charge in [0.1, 0.15) is 5.75 Å². The quantitative estimate of drug-likeness (QED) is 0.824. The Morgan fingerprint density at radius 1 is 1.27 bits per heavy atom. The van der Waals surface area contributed by atoms with Gasteiger partial charge in [-0.15, -0.1) is 0 Å². The van der Waals surface area contributed by atoms with Crippen molar-refractivity contribution in [3.8, 4) is 5.75 Å². The second-order valence-electron chi connectivity index (χ2n) is 3.73. The first-order valence-electron chi connectivity index (χ1n) is 5.37. The fraction of sp³-hybridized carbons (Fsp3) is 0.500. The Hall–Kier alpha value is -1.22. The fourth-order valence-corrected chi connectivity index (χ4v) is 1.83. The predicted octanol–water partition coefficient (Wildman–Crippen LogP) is 2.29. The van der Waals surface area contributed by atoms with Crippen molar-refractivity contribution in [1.29, 1.82) is 0 Å². The van der Waals surface area contributed by atoms with Crippen molar-refractivity contribution in [2.24, 2.45) is 0 Å². The summed E-state index contributed by atoms with van der Waals surface area (Å²) in [6.45, 7) is 1.71. The average Bonchev–Trinajstić information content (AvgIpc) is 2.31. The van der Waals surface area contributed by atoms with Crippen LogP contribution in [-0.2, 0) is 4.74 Å². The summed E-state index contributed by atoms with van der Waals surface area (Å²) in [6, 6.07) is 8.53. The van der Waals surface area contributed by atoms with Crippen molar-refractivity contribution in [2.75, 3.05) is 25.6 Å². The van der Waals surface area contributed by atoms with Crippen LogP contribution in [0, 0.1) is 0 Å². The summed E-state index contributed by atoms with van der Waals surface area (Å²) >= 11 is 0. The molecule has 1 N–H and O–H groups in total. The third-order valence-corrected chi connectivity index (χ3v) is 2.69. The van der Waals surface area contributed by atoms with Gasteiger partial charge in [0.05, 0.1) is 12.8 Å². The third kappa shape index (κ3) is 2.63. The van der Waals surface area contributed by atoms with E-state index in [1.807, 2.05) is 24.3 Å². The van der Waals surface area contributed by atoms with Crippen LogP contribution in [-0.4, -0.2) is 26.4 Å². The largest absolute Gasteiger partial charge is 0.495 e. The molecule has 0 radical (unpaired) electrons. The van der Waals surface area contributed by atoms with Crippen LogP contribution in [0.2, 0.25) is 0 Å². The molecule has 0 bridgehead atoms. The Kier molecular flexibility index (Phi) is 3.45. The molecule has 0 spiro atoms. The van der Waals surface area contributed by atoms with Crippen LogP contribution in [0.3, 0.4) is 0 Å². The van der Waals surface area contributed by atoms with Crippen molar-refractivity contribution >= 4 is 5.69 Å². The molecule has 0 amide bonds. The molecule has 1 aromatic carbocycles. The Bertz CT molecular complexity index is 308. The van der Waals surface area contributed by atoms with Crippen LogP contribution >= 0.6 is 0 Å². The van der Waals surface area contributed by atoms with Crippen LogP contribution < -0.4 is 10.1 Å². The zero-order chi connectivity index (χ0) is 10.5. The van der Waals surface area contributed by atoms with Gasteiger partial charge >= 0.3 is 0 Å². The molecule has 0 atom stereocenters. The maximum atomic E-state index is 5.32. The van der Waals surface area contributed by atoms with Crippen LogP contribution in [0.15, 0.2) is 24.3 Å². The normalized spacial score (nSPS) is 17.4. The van der Waals surface area contributed by atoms with Crippen molar-refractivity contribution in [2.45, 2.75) is 18.9 Å². The van der Waals surface area contributed by atoms with E-state index >= 15 is 0 Å². The van der Waals surface area contributed by atoms with E-state index in [9.17, 15) is 0 Å². The van der Waals surface area contributed by atoms with Gasteiger partial charge in [0.15, 0.2) is 0 Å². The number of para-hydroxylation sites is 2. The Morgan fingerprint density at radius 3 is 2.73 bits per heavy atom. The topological polar surface area (TPSA) is 30.5 Å². The summed E-state index contributed by atoms with van der Waals surface area (Å²) in [5.41, 5.74) is 1.08. The molecule has 0 unspecified atom stereocenters. The van der Waals surface area contributed by atoms with Crippen molar-refractivity contribution < 1.29 is 9.47 Å². The number of anilines is 1. The van der Waals surface area contributed by atoms with Gasteiger partial charge in [-0.3, -0.25) is 0 Å². The highest BCUT2D eigenvalue weighted by molar-refractivity contribution is 5.56. The molecule has 1 heterocycles. The number of methoxy groups -OCH3 is 1. The minimum absolute atomic E-state index is 0.509. The summed E-state index contributed by atoms with van der Waals surface area (Å²) in [5.74, 6) is 0.906. The maximum absolute atomic E-state index is 5.32. The van der Waals surface area contributed by atoms with E-state index < -0.39 is 0 Å². The lowest BCUT2D eigenvalue weighted by Gasteiger charge is -2.24. The standard InChI is InChI=1S/C12H17NO2/c1-14-12-5-3-2-4-11(12)13-10-6-8-15-9-7-10/h2-5,10,13H,6-9H2,1H3. The van der Waals surface area contributed by atoms with Crippen LogP contribution in [0.4, 0.5) is 5.69 Å². The summed E-state index contributed by atoms with van der Waals surface area (Å²) in [6.07, 6.45) is 2.14. The van der Waals surface area contributed by atoms with E-state index in [1.165, 1.54) is 0 Å². The molecule has 3 heteroatoms. The summed E-state index contributed by atoms with van der Waals surface area (Å²) in [4.78, 5) is 0. The van der Waals surface area contributed by atoms with E-state index in [4.69, 9.17) is 9.47 Å². The van der Waals surface area contributed by atoms with Gasteiger partial charge in [-0.25, -0.2) is 0 Å². The number of ether oxygens (including phenoxy) is 2. The SMILES string of the molecule is COc1ccccc1NC1CCOCC1. The molecule has 3 nitrogen and oxygen atoms in total. The van der Waals surface area contributed by atoms with Crippen molar-refractivity contribution in [3.63, 3.8) is 0 Å². The van der Waals surface area contributed by atoms with Gasteiger partial charge in [0.2, 0.25) is 0 Å². The summed E-state index contributed by atoms with van der Waals surface area (Å²) in [5, 5.41) is 3.50. The van der Waals surface area contributed by atoms with Gasteiger partial charge in [0, 0.05) is 19.3 Å². The highest BCUT2D eigenvalue weighted by atomic mass is 16.5. The van der Waals surface area contributed by atoms with Crippen LogP contribution in [0.5, 0.6) is 5.75 Å². The van der Waals surface area contributed by atoms with E-state index in [1.54, 1.807) is 7.11 Å². The van der Waals surface area contributed by atoms with Gasteiger partial charge in [-0.2, -0.15) is 0 Å². The first kappa shape index (κ1) is 10.3. The summed E-state index contributed by atoms with van der Waals surface area (Å²) < 4.78 is 10.6. The highest BCUT2D eigenvalue weighted by Gasteiger charge is 2.14. The van der Waals surface area contributed by atoms with Gasteiger partial charge in [-0.05, 0) is 25.0 Å². The van der Waals surface area contributed by atoms with Gasteiger partial charge in [0.25, 0.3) is 0 Å². The van der Waals surface area contributed by atoms with E-state index in [0.717, 1.165) is 37.5 Å². The van der Waals surface area contributed by atoms with E-state index in [0.29, 0.717) is 6.04 Å². The van der Waals surface area contributed by atoms with Crippen LogP contribution in [0.25, 0.3) is 0 Å². The number of hydrogen-bond donors (Lipinski definition) is 1. The number of rotatable bonds is 3. The third-order valence-electron chi connectivity index (χ3n) is 2.69. The molecular weight excluding hydrogens is 190 g/mol. The Morgan fingerprint density at radius 2 is 2.00 bits per heavy atom. The van der Waals surface area contributed by atoms with Crippen molar-refractivity contribution in [3.05, 3.63) is 24.3 Å². The molecular formula is C12H17NO2. The molecule has 2 rings (SSSR count). The lowest BCUT2D eigenvalue weighted by Crippen LogP contribution is -2.27. The van der Waals surface area contributed by atoms with Crippen molar-refractivity contribution in [1.82, 2.24) is 0 Å². The molecule has 15 heavy (non-hydrogen) atoms. The molecule has 1 aliphatic rings. The predicted molar refractivity (Wildman–Crippen MR) is 60.5 cm³/mol. The second-order valence-corrected chi connectivity index (χ2v) is 3.73. The number of benzene rings is 1. The minimum atomic E-state index is 0.509. The molecule has 1 fully saturated rings. The zero-order valence-electron chi connectivity index (χ0n) is 9.03. The van der Waals surface area contributed by atoms with Crippen LogP contribution in [0.1, 0.15) is 12.8 Å². The first-order valence-corrected chi connectivity index (χ1v) is 5.37. The molecule has 0 saturated carbocycles. The number of hydrogen-bond acceptors (Lipinski definition) is 3. The van der Waals surface area contributed by atoms with Gasteiger partial charge < -0.3 is 14.8 Å². The Labute approximate surface area is 90.4 Å². The summed E-state index contributed by atoms with van der Waals surface area (Å²) in [7, 11) is 1.70. The van der Waals surface area contributed by atoms with E-state index in [-0.39, 0.29) is 0 Å². The van der Waals surface area contributed by atoms with Gasteiger partial charge in [-0.1, -0.05) is 12.1 Å². The second kappa shape index (κ2) is 5.03. The maximum Gasteiger partial charge on any atom is 0.141 e. The highest BCUT2D eigenvalue weighted by Crippen LogP contribution is 2.25. The number of nitrogens with one attached hydrogen (secondary N) is 1. The zero-order valence-corrected chi connectivity index (χ0v) is 9.03. The fourth-order valence-electron chi connectivity index (χ4n) is 1.83. The average molecular weight is 207 g/mol. The minimum Gasteiger partial charge on any atom is -0.495 e. The first-order chi connectivity index (χ1) is 7.40. The molecule has 0 aliphatic carbocycles. The lowest BCUT2D eigenvalue weighted by atomic mass is 10.1. The Balaban J connectivity index is 2.02. The molecule has 1 aromatic rings. The molecule has 0 aromatic heterocycles. The monoisotopic (exact) mass is 207 g/mol. The molecule has 1 saturated heterocycles. The molecule has 82 valence electrons. The lowest BCUT2D eigenvalue weighted by molar-refractivity contribution is 0.0904. The molecule has 1 aliphatic heterocycles. The smallest absolute Gasteiger partial charge is 0.141 e.